The average molecular weight is 339 g/mol. The van der Waals surface area contributed by atoms with Crippen molar-refractivity contribution in [3.05, 3.63) is 69.2 Å². The van der Waals surface area contributed by atoms with Gasteiger partial charge < -0.3 is 5.32 Å². The zero-order valence-electron chi connectivity index (χ0n) is 11.3. The molecule has 2 aromatic carbocycles. The molecule has 0 aliphatic heterocycles. The molecule has 0 bridgehead atoms. The number of halogens is 2. The molecule has 2 rings (SSSR count). The zero-order chi connectivity index (χ0) is 16.1. The Bertz CT molecular complexity index is 702. The molecule has 0 atom stereocenters. The minimum atomic E-state index is -0.591. The highest BCUT2D eigenvalue weighted by molar-refractivity contribution is 6.42. The van der Waals surface area contributed by atoms with E-state index in [2.05, 4.69) is 5.32 Å². The second kappa shape index (κ2) is 7.26. The summed E-state index contributed by atoms with van der Waals surface area (Å²) in [5, 5.41) is 12.0. The molecule has 0 aliphatic carbocycles. The van der Waals surface area contributed by atoms with Gasteiger partial charge in [-0.2, -0.15) is 0 Å². The molecule has 0 heterocycles. The van der Waals surface area contributed by atoms with Gasteiger partial charge in [0.1, 0.15) is 0 Å². The fraction of sp³-hybridized carbons (Fsp3) is 0.0667. The third-order valence-corrected chi connectivity index (χ3v) is 3.69. The molecule has 0 spiro atoms. The van der Waals surface area contributed by atoms with E-state index in [1.54, 1.807) is 41.9 Å². The molecular weight excluding hydrogens is 327 g/mol. The van der Waals surface area contributed by atoms with Crippen LogP contribution in [-0.2, 0) is 6.54 Å². The SMILES string of the molecule is O=C(NO)c1ccc(CNC(=O)c2ccc(Cl)c(Cl)c2)cc1. The highest BCUT2D eigenvalue weighted by Gasteiger charge is 2.08. The van der Waals surface area contributed by atoms with E-state index in [4.69, 9.17) is 28.4 Å². The first kappa shape index (κ1) is 16.3. The fourth-order valence-electron chi connectivity index (χ4n) is 1.76. The van der Waals surface area contributed by atoms with Gasteiger partial charge in [0.15, 0.2) is 0 Å². The van der Waals surface area contributed by atoms with Crippen LogP contribution in [0.2, 0.25) is 10.0 Å². The van der Waals surface area contributed by atoms with Crippen molar-refractivity contribution in [2.75, 3.05) is 0 Å². The predicted octanol–water partition coefficient (Wildman–Crippen LogP) is 3.04. The van der Waals surface area contributed by atoms with Gasteiger partial charge in [0.2, 0.25) is 0 Å². The number of carbonyl (C=O) groups is 2. The molecular formula is C15H12Cl2N2O3. The van der Waals surface area contributed by atoms with Crippen LogP contribution in [0.25, 0.3) is 0 Å². The number of amides is 2. The maximum Gasteiger partial charge on any atom is 0.274 e. The van der Waals surface area contributed by atoms with Crippen molar-refractivity contribution in [3.8, 4) is 0 Å². The molecule has 0 saturated heterocycles. The number of rotatable bonds is 4. The van der Waals surface area contributed by atoms with Crippen LogP contribution in [0.1, 0.15) is 26.3 Å². The quantitative estimate of drug-likeness (QED) is 0.592. The standard InChI is InChI=1S/C15H12Cl2N2O3/c16-12-6-5-11(7-13(12)17)14(20)18-8-9-1-3-10(4-2-9)15(21)19-22/h1-7,22H,8H2,(H,18,20)(H,19,21). The molecule has 0 saturated carbocycles. The molecule has 2 aromatic rings. The Labute approximate surface area is 136 Å². The number of carbonyl (C=O) groups excluding carboxylic acids is 2. The van der Waals surface area contributed by atoms with Gasteiger partial charge in [-0.1, -0.05) is 35.3 Å². The van der Waals surface area contributed by atoms with Crippen LogP contribution in [0.5, 0.6) is 0 Å². The topological polar surface area (TPSA) is 78.4 Å². The Hall–Kier alpha value is -2.08. The maximum atomic E-state index is 12.0. The molecule has 114 valence electrons. The smallest absolute Gasteiger partial charge is 0.274 e. The summed E-state index contributed by atoms with van der Waals surface area (Å²) in [6.07, 6.45) is 0. The van der Waals surface area contributed by atoms with Gasteiger partial charge >= 0.3 is 0 Å². The summed E-state index contributed by atoms with van der Waals surface area (Å²) in [6.45, 7) is 0.292. The molecule has 5 nitrogen and oxygen atoms in total. The summed E-state index contributed by atoms with van der Waals surface area (Å²) in [5.74, 6) is -0.873. The molecule has 7 heteroatoms. The van der Waals surface area contributed by atoms with Gasteiger partial charge in [-0.25, -0.2) is 5.48 Å². The van der Waals surface area contributed by atoms with Crippen molar-refractivity contribution in [1.82, 2.24) is 10.8 Å². The molecule has 22 heavy (non-hydrogen) atoms. The number of hydroxylamine groups is 1. The van der Waals surface area contributed by atoms with Gasteiger partial charge in [0.05, 0.1) is 10.0 Å². The summed E-state index contributed by atoms with van der Waals surface area (Å²) in [4.78, 5) is 23.2. The fourth-order valence-corrected chi connectivity index (χ4v) is 2.06. The minimum Gasteiger partial charge on any atom is -0.348 e. The largest absolute Gasteiger partial charge is 0.348 e. The van der Waals surface area contributed by atoms with Crippen molar-refractivity contribution in [2.24, 2.45) is 0 Å². The molecule has 2 amide bonds. The highest BCUT2D eigenvalue weighted by Crippen LogP contribution is 2.22. The summed E-state index contributed by atoms with van der Waals surface area (Å²) < 4.78 is 0. The van der Waals surface area contributed by atoms with E-state index in [1.807, 2.05) is 0 Å². The van der Waals surface area contributed by atoms with Gasteiger partial charge in [-0.3, -0.25) is 14.8 Å². The van der Waals surface area contributed by atoms with Crippen LogP contribution >= 0.6 is 23.2 Å². The number of hydrogen-bond donors (Lipinski definition) is 3. The third kappa shape index (κ3) is 3.98. The van der Waals surface area contributed by atoms with E-state index >= 15 is 0 Å². The van der Waals surface area contributed by atoms with Gasteiger partial charge in [0, 0.05) is 17.7 Å². The van der Waals surface area contributed by atoms with Crippen LogP contribution in [0.3, 0.4) is 0 Å². The monoisotopic (exact) mass is 338 g/mol. The van der Waals surface area contributed by atoms with Crippen LogP contribution in [0.15, 0.2) is 42.5 Å². The van der Waals surface area contributed by atoms with Gasteiger partial charge in [-0.15, -0.1) is 0 Å². The van der Waals surface area contributed by atoms with Crippen LogP contribution in [0.4, 0.5) is 0 Å². The lowest BCUT2D eigenvalue weighted by molar-refractivity contribution is 0.0706. The number of benzene rings is 2. The van der Waals surface area contributed by atoms with E-state index in [1.165, 1.54) is 6.07 Å². The zero-order valence-corrected chi connectivity index (χ0v) is 12.8. The first-order valence-electron chi connectivity index (χ1n) is 6.28. The van der Waals surface area contributed by atoms with Crippen LogP contribution in [-0.4, -0.2) is 17.0 Å². The highest BCUT2D eigenvalue weighted by atomic mass is 35.5. The van der Waals surface area contributed by atoms with Crippen LogP contribution in [0, 0.1) is 0 Å². The lowest BCUT2D eigenvalue weighted by Gasteiger charge is -2.07. The Morgan fingerprint density at radius 1 is 0.909 bits per heavy atom. The van der Waals surface area contributed by atoms with E-state index in [0.717, 1.165) is 5.56 Å². The predicted molar refractivity (Wildman–Crippen MR) is 83.3 cm³/mol. The lowest BCUT2D eigenvalue weighted by Crippen LogP contribution is -2.23. The third-order valence-electron chi connectivity index (χ3n) is 2.95. The summed E-state index contributed by atoms with van der Waals surface area (Å²) in [7, 11) is 0. The summed E-state index contributed by atoms with van der Waals surface area (Å²) in [5.41, 5.74) is 3.09. The van der Waals surface area contributed by atoms with Crippen molar-refractivity contribution in [1.29, 1.82) is 0 Å². The second-order valence-electron chi connectivity index (χ2n) is 4.45. The molecule has 0 aromatic heterocycles. The van der Waals surface area contributed by atoms with Crippen molar-refractivity contribution in [3.63, 3.8) is 0 Å². The average Bonchev–Trinajstić information content (AvgIpc) is 2.54. The van der Waals surface area contributed by atoms with Gasteiger partial charge in [-0.05, 0) is 35.9 Å². The molecule has 0 unspecified atom stereocenters. The Morgan fingerprint density at radius 2 is 1.55 bits per heavy atom. The normalized spacial score (nSPS) is 10.1. The first-order valence-corrected chi connectivity index (χ1v) is 7.03. The van der Waals surface area contributed by atoms with E-state index in [0.29, 0.717) is 27.7 Å². The van der Waals surface area contributed by atoms with Gasteiger partial charge in [0.25, 0.3) is 11.8 Å². The molecule has 0 fully saturated rings. The first-order chi connectivity index (χ1) is 10.5. The molecule has 0 aliphatic rings. The second-order valence-corrected chi connectivity index (χ2v) is 5.26. The van der Waals surface area contributed by atoms with E-state index in [-0.39, 0.29) is 5.91 Å². The van der Waals surface area contributed by atoms with Crippen molar-refractivity contribution >= 4 is 35.0 Å². The van der Waals surface area contributed by atoms with E-state index in [9.17, 15) is 9.59 Å². The Kier molecular flexibility index (Phi) is 5.38. The Morgan fingerprint density at radius 3 is 2.14 bits per heavy atom. The summed E-state index contributed by atoms with van der Waals surface area (Å²) in [6, 6.07) is 11.1. The number of nitrogens with one attached hydrogen (secondary N) is 2. The van der Waals surface area contributed by atoms with Crippen molar-refractivity contribution in [2.45, 2.75) is 6.54 Å². The Balaban J connectivity index is 1.98. The lowest BCUT2D eigenvalue weighted by atomic mass is 10.1. The summed E-state index contributed by atoms with van der Waals surface area (Å²) >= 11 is 11.7. The van der Waals surface area contributed by atoms with E-state index < -0.39 is 5.91 Å². The van der Waals surface area contributed by atoms with Crippen LogP contribution < -0.4 is 10.8 Å². The number of hydrogen-bond acceptors (Lipinski definition) is 3. The minimum absolute atomic E-state index is 0.282. The molecule has 3 N–H and O–H groups in total. The molecule has 0 radical (unpaired) electrons. The maximum absolute atomic E-state index is 12.0. The van der Waals surface area contributed by atoms with Crippen molar-refractivity contribution < 1.29 is 14.8 Å².